The third kappa shape index (κ3) is 7.78. The highest BCUT2D eigenvalue weighted by Crippen LogP contribution is 2.36. The number of carbonyl (C=O) groups is 4. The molecule has 6 heterocycles. The summed E-state index contributed by atoms with van der Waals surface area (Å²) >= 11 is 0. The second-order valence-corrected chi connectivity index (χ2v) is 14.5. The molecule has 1 saturated heterocycles. The Kier molecular flexibility index (Phi) is 11.4. The first-order valence-corrected chi connectivity index (χ1v) is 19.9. The summed E-state index contributed by atoms with van der Waals surface area (Å²) in [5.41, 5.74) is 15.3. The van der Waals surface area contributed by atoms with Crippen LogP contribution in [0, 0.1) is 19.3 Å². The Hall–Kier alpha value is -7.02. The number of allylic oxidation sites excluding steroid dienone is 2. The Bertz CT molecular complexity index is 2500. The van der Waals surface area contributed by atoms with Gasteiger partial charge in [-0.2, -0.15) is 10.2 Å². The van der Waals surface area contributed by atoms with Crippen LogP contribution in [0.15, 0.2) is 48.6 Å². The van der Waals surface area contributed by atoms with Crippen LogP contribution >= 0.6 is 0 Å². The molecular formula is C41H49N13O6. The lowest BCUT2D eigenvalue weighted by Crippen LogP contribution is -2.59. The molecule has 2 aromatic carbocycles. The van der Waals surface area contributed by atoms with Gasteiger partial charge in [0.1, 0.15) is 33.9 Å². The number of nitrogens with one attached hydrogen (secondary N) is 3. The van der Waals surface area contributed by atoms with Crippen LogP contribution in [0.4, 0.5) is 11.9 Å². The van der Waals surface area contributed by atoms with E-state index in [9.17, 15) is 19.2 Å². The fourth-order valence-corrected chi connectivity index (χ4v) is 7.33. The maximum absolute atomic E-state index is 13.7. The summed E-state index contributed by atoms with van der Waals surface area (Å²) in [6.45, 7) is 14.1. The largest absolute Gasteiger partial charge is 0.490 e. The summed E-state index contributed by atoms with van der Waals surface area (Å²) in [6, 6.07) is 9.68. The van der Waals surface area contributed by atoms with E-state index in [1.807, 2.05) is 53.7 Å². The SMILES string of the molecule is CC.CCn1nc(C)cc1C(=O)Nc1nc2cc(C(N)=O)cc3c2n1C/C=C/Cn1c(NC(=O)c2cc(C)nn2CC)nc2cc(C(N)=O)cc(c21)OCC1(CNC1)CO3. The molecule has 2 aliphatic heterocycles. The number of ether oxygens (including phenoxy) is 2. The molecule has 19 nitrogen and oxygen atoms in total. The number of anilines is 2. The number of hydrogen-bond donors (Lipinski definition) is 5. The molecule has 0 atom stereocenters. The van der Waals surface area contributed by atoms with Gasteiger partial charge in [0.25, 0.3) is 11.8 Å². The van der Waals surface area contributed by atoms with Crippen LogP contribution in [0.3, 0.4) is 0 Å². The Morgan fingerprint density at radius 1 is 0.700 bits per heavy atom. The third-order valence-corrected chi connectivity index (χ3v) is 10.3. The van der Waals surface area contributed by atoms with Gasteiger partial charge in [-0.05, 0) is 64.1 Å². The summed E-state index contributed by atoms with van der Waals surface area (Å²) in [4.78, 5) is 62.1. The van der Waals surface area contributed by atoms with Gasteiger partial charge in [-0.15, -0.1) is 0 Å². The zero-order valence-electron chi connectivity index (χ0n) is 34.5. The molecule has 60 heavy (non-hydrogen) atoms. The Balaban J connectivity index is 0.00000268. The van der Waals surface area contributed by atoms with E-state index in [0.717, 1.165) is 0 Å². The van der Waals surface area contributed by atoms with E-state index >= 15 is 0 Å². The number of carbonyl (C=O) groups excluding carboxylic acids is 4. The normalized spacial score (nSPS) is 15.1. The Morgan fingerprint density at radius 3 is 1.47 bits per heavy atom. The number of hydrogen-bond acceptors (Lipinski definition) is 11. The summed E-state index contributed by atoms with van der Waals surface area (Å²) < 4.78 is 19.9. The molecular weight excluding hydrogens is 771 g/mol. The number of benzene rings is 2. The molecule has 314 valence electrons. The van der Waals surface area contributed by atoms with Crippen molar-refractivity contribution in [2.24, 2.45) is 16.9 Å². The zero-order chi connectivity index (χ0) is 42.9. The van der Waals surface area contributed by atoms with Crippen molar-refractivity contribution < 1.29 is 28.7 Å². The predicted molar refractivity (Wildman–Crippen MR) is 224 cm³/mol. The smallest absolute Gasteiger partial charge is 0.276 e. The minimum absolute atomic E-state index is 0.152. The zero-order valence-corrected chi connectivity index (χ0v) is 34.5. The maximum Gasteiger partial charge on any atom is 0.276 e. The number of nitrogens with two attached hydrogens (primary N) is 2. The number of amides is 4. The topological polar surface area (TPSA) is 246 Å². The fourth-order valence-electron chi connectivity index (χ4n) is 7.33. The van der Waals surface area contributed by atoms with Crippen LogP contribution in [0.1, 0.15) is 80.8 Å². The van der Waals surface area contributed by atoms with Gasteiger partial charge < -0.3 is 35.4 Å². The third-order valence-electron chi connectivity index (χ3n) is 10.3. The number of nitrogens with zero attached hydrogens (tertiary/aromatic N) is 8. The summed E-state index contributed by atoms with van der Waals surface area (Å²) in [7, 11) is 0. The number of primary amides is 2. The molecule has 8 rings (SSSR count). The van der Waals surface area contributed by atoms with E-state index in [4.69, 9.17) is 30.9 Å². The van der Waals surface area contributed by atoms with Crippen LogP contribution < -0.4 is 36.9 Å². The summed E-state index contributed by atoms with van der Waals surface area (Å²) in [5, 5.41) is 18.0. The lowest BCUT2D eigenvalue weighted by molar-refractivity contribution is 0.0321. The molecule has 4 amide bonds. The van der Waals surface area contributed by atoms with E-state index in [-0.39, 0.29) is 49.3 Å². The van der Waals surface area contributed by atoms with Gasteiger partial charge >= 0.3 is 0 Å². The first kappa shape index (κ1) is 41.2. The van der Waals surface area contributed by atoms with Gasteiger partial charge in [0.2, 0.25) is 23.7 Å². The molecule has 0 bridgehead atoms. The molecule has 2 aliphatic rings. The van der Waals surface area contributed by atoms with Crippen molar-refractivity contribution in [3.63, 3.8) is 0 Å². The molecule has 0 saturated carbocycles. The second-order valence-electron chi connectivity index (χ2n) is 14.5. The minimum Gasteiger partial charge on any atom is -0.490 e. The molecule has 1 spiro atoms. The molecule has 6 aromatic rings. The van der Waals surface area contributed by atoms with Crippen LogP contribution in [-0.4, -0.2) is 88.6 Å². The van der Waals surface area contributed by atoms with Crippen molar-refractivity contribution in [1.82, 2.24) is 44.0 Å². The quantitative estimate of drug-likeness (QED) is 0.138. The van der Waals surface area contributed by atoms with Gasteiger partial charge in [0.15, 0.2) is 0 Å². The molecule has 1 fully saturated rings. The maximum atomic E-state index is 13.7. The average molecular weight is 820 g/mol. The standard InChI is InChI=1S/C39H43N13O6.C2H6/c1-5-51-27(11-21(3)47-51)35(55)45-37-43-25-13-23(33(40)53)15-29-31(25)49(37)9-7-8-10-50-32-26(44-38(50)46-36(56)28-12-22(4)48-52(28)6-2)14-24(34(41)54)16-30(32)58-20-39(19-57-29)17-42-18-39;1-2/h7-8,11-16,42H,5-6,9-10,17-20H2,1-4H3,(H2,40,53)(H2,41,54)(H,43,45,55)(H,44,46,56);1-2H3/b8-7+;. The molecule has 7 N–H and O–H groups in total. The van der Waals surface area contributed by atoms with Crippen molar-refractivity contribution in [3.05, 3.63) is 82.5 Å². The van der Waals surface area contributed by atoms with Gasteiger partial charge in [-0.25, -0.2) is 9.97 Å². The van der Waals surface area contributed by atoms with Crippen LogP contribution in [0.2, 0.25) is 0 Å². The lowest BCUT2D eigenvalue weighted by atomic mass is 9.83. The van der Waals surface area contributed by atoms with Crippen molar-refractivity contribution in [2.45, 2.75) is 67.7 Å². The van der Waals surface area contributed by atoms with Gasteiger partial charge in [-0.1, -0.05) is 26.0 Å². The average Bonchev–Trinajstić information content (AvgIpc) is 3.98. The van der Waals surface area contributed by atoms with E-state index < -0.39 is 29.0 Å². The number of aromatic nitrogens is 8. The fraction of sp³-hybridized carbons (Fsp3) is 0.366. The first-order valence-electron chi connectivity index (χ1n) is 19.9. The van der Waals surface area contributed by atoms with Crippen molar-refractivity contribution >= 4 is 57.6 Å². The lowest BCUT2D eigenvalue weighted by Gasteiger charge is -2.41. The molecule has 19 heteroatoms. The summed E-state index contributed by atoms with van der Waals surface area (Å²) in [5.74, 6) is -1.10. The molecule has 4 aromatic heterocycles. The predicted octanol–water partition coefficient (Wildman–Crippen LogP) is 3.78. The van der Waals surface area contributed by atoms with Gasteiger partial charge in [0, 0.05) is 50.4 Å². The van der Waals surface area contributed by atoms with E-state index in [1.54, 1.807) is 54.9 Å². The highest BCUT2D eigenvalue weighted by molar-refractivity contribution is 6.05. The first-order chi connectivity index (χ1) is 28.9. The van der Waals surface area contributed by atoms with Crippen LogP contribution in [0.5, 0.6) is 11.5 Å². The summed E-state index contributed by atoms with van der Waals surface area (Å²) in [6.07, 6.45) is 3.73. The number of rotatable bonds is 8. The van der Waals surface area contributed by atoms with E-state index in [0.29, 0.717) is 82.5 Å². The minimum atomic E-state index is -0.672. The molecule has 0 aliphatic carbocycles. The van der Waals surface area contributed by atoms with Gasteiger partial charge in [-0.3, -0.25) is 39.2 Å². The highest BCUT2D eigenvalue weighted by atomic mass is 16.5. The van der Waals surface area contributed by atoms with Crippen LogP contribution in [0.25, 0.3) is 22.1 Å². The van der Waals surface area contributed by atoms with Crippen molar-refractivity contribution in [2.75, 3.05) is 36.9 Å². The van der Waals surface area contributed by atoms with E-state index in [1.165, 1.54) is 0 Å². The molecule has 0 radical (unpaired) electrons. The Labute approximate surface area is 345 Å². The number of aryl methyl sites for hydroxylation is 4. The van der Waals surface area contributed by atoms with Crippen molar-refractivity contribution in [1.29, 1.82) is 0 Å². The second kappa shape index (κ2) is 16.7. The Morgan fingerprint density at radius 2 is 1.12 bits per heavy atom. The van der Waals surface area contributed by atoms with E-state index in [2.05, 4.69) is 26.1 Å². The highest BCUT2D eigenvalue weighted by Gasteiger charge is 2.40. The van der Waals surface area contributed by atoms with Crippen LogP contribution in [-0.2, 0) is 26.2 Å². The van der Waals surface area contributed by atoms with Crippen molar-refractivity contribution in [3.8, 4) is 11.5 Å². The number of imidazole rings is 2. The monoisotopic (exact) mass is 819 g/mol. The molecule has 0 unspecified atom stereocenters. The van der Waals surface area contributed by atoms with Gasteiger partial charge in [0.05, 0.1) is 41.1 Å².